The molecule has 2 N–H and O–H groups in total. The molecule has 2 heterocycles. The molecule has 0 radical (unpaired) electrons. The minimum atomic E-state index is 0.450. The molecule has 2 aromatic heterocycles. The van der Waals surface area contributed by atoms with Crippen molar-refractivity contribution in [1.29, 1.82) is 0 Å². The van der Waals surface area contributed by atoms with Gasteiger partial charge in [-0.15, -0.1) is 0 Å². The Bertz CT molecular complexity index is 786. The second-order valence-corrected chi connectivity index (χ2v) is 5.35. The highest BCUT2D eigenvalue weighted by atomic mass is 16.5. The fourth-order valence-electron chi connectivity index (χ4n) is 2.31. The van der Waals surface area contributed by atoms with Crippen molar-refractivity contribution in [1.82, 2.24) is 19.7 Å². The summed E-state index contributed by atoms with van der Waals surface area (Å²) in [4.78, 5) is 10.8. The zero-order chi connectivity index (χ0) is 16.2. The van der Waals surface area contributed by atoms with Crippen molar-refractivity contribution in [3.8, 4) is 5.75 Å². The molecule has 0 aliphatic heterocycles. The van der Waals surface area contributed by atoms with Gasteiger partial charge in [0, 0.05) is 20.6 Å². The van der Waals surface area contributed by atoms with E-state index in [4.69, 9.17) is 10.5 Å². The molecule has 3 rings (SSSR count). The van der Waals surface area contributed by atoms with Crippen LogP contribution in [0.1, 0.15) is 6.42 Å². The third-order valence-corrected chi connectivity index (χ3v) is 3.60. The Hall–Kier alpha value is -2.83. The number of hydrogen-bond acceptors (Lipinski definition) is 6. The van der Waals surface area contributed by atoms with E-state index in [0.717, 1.165) is 29.7 Å². The number of aromatic nitrogens is 4. The summed E-state index contributed by atoms with van der Waals surface area (Å²) in [6.45, 7) is 1.41. The summed E-state index contributed by atoms with van der Waals surface area (Å²) in [5.74, 6) is 1.93. The summed E-state index contributed by atoms with van der Waals surface area (Å²) in [6, 6.07) is 9.78. The number of hydrogen-bond donors (Lipinski definition) is 1. The number of nitrogens with zero attached hydrogens (tertiary/aromatic N) is 5. The lowest BCUT2D eigenvalue weighted by atomic mass is 10.3. The average Bonchev–Trinajstić information content (AvgIpc) is 2.94. The number of aryl methyl sites for hydroxylation is 1. The standard InChI is InChI=1S/C16H20N6O/c1-21(9-6-10-23-12-7-4-3-5-8-12)16-19-14(17)13-11-18-22(2)15(13)20-16/h3-5,7-8,11H,6,9-10H2,1-2H3,(H2,17,19,20). The highest BCUT2D eigenvalue weighted by molar-refractivity contribution is 5.86. The molecular weight excluding hydrogens is 292 g/mol. The third kappa shape index (κ3) is 3.33. The molecule has 0 saturated carbocycles. The second-order valence-electron chi connectivity index (χ2n) is 5.35. The summed E-state index contributed by atoms with van der Waals surface area (Å²) in [7, 11) is 3.78. The molecule has 3 aromatic rings. The van der Waals surface area contributed by atoms with Crippen LogP contribution < -0.4 is 15.4 Å². The minimum Gasteiger partial charge on any atom is -0.494 e. The van der Waals surface area contributed by atoms with Crippen LogP contribution >= 0.6 is 0 Å². The summed E-state index contributed by atoms with van der Waals surface area (Å²) in [5, 5.41) is 4.94. The fraction of sp³-hybridized carbons (Fsp3) is 0.312. The maximum atomic E-state index is 5.98. The van der Waals surface area contributed by atoms with Gasteiger partial charge < -0.3 is 15.4 Å². The first-order valence-electron chi connectivity index (χ1n) is 7.49. The lowest BCUT2D eigenvalue weighted by Gasteiger charge is -2.17. The van der Waals surface area contributed by atoms with E-state index in [-0.39, 0.29) is 0 Å². The molecule has 0 bridgehead atoms. The molecule has 0 amide bonds. The summed E-state index contributed by atoms with van der Waals surface area (Å²) >= 11 is 0. The number of fused-ring (bicyclic) bond motifs is 1. The minimum absolute atomic E-state index is 0.450. The molecule has 0 spiro atoms. The average molecular weight is 312 g/mol. The van der Waals surface area contributed by atoms with Gasteiger partial charge in [0.15, 0.2) is 5.65 Å². The third-order valence-electron chi connectivity index (χ3n) is 3.60. The number of nitrogen functional groups attached to an aromatic ring is 1. The van der Waals surface area contributed by atoms with Gasteiger partial charge in [-0.25, -0.2) is 0 Å². The van der Waals surface area contributed by atoms with Gasteiger partial charge in [0.2, 0.25) is 5.95 Å². The molecule has 0 unspecified atom stereocenters. The van der Waals surface area contributed by atoms with Crippen LogP contribution in [0.25, 0.3) is 11.0 Å². The number of benzene rings is 1. The number of nitrogens with two attached hydrogens (primary N) is 1. The van der Waals surface area contributed by atoms with Gasteiger partial charge >= 0.3 is 0 Å². The summed E-state index contributed by atoms with van der Waals surface area (Å²) < 4.78 is 7.38. The van der Waals surface area contributed by atoms with Crippen LogP contribution in [0.2, 0.25) is 0 Å². The van der Waals surface area contributed by atoms with Crippen LogP contribution in [0.5, 0.6) is 5.75 Å². The predicted molar refractivity (Wildman–Crippen MR) is 90.5 cm³/mol. The van der Waals surface area contributed by atoms with Crippen LogP contribution in [0.3, 0.4) is 0 Å². The molecule has 23 heavy (non-hydrogen) atoms. The largest absolute Gasteiger partial charge is 0.494 e. The van der Waals surface area contributed by atoms with E-state index in [2.05, 4.69) is 15.1 Å². The molecule has 1 aromatic carbocycles. The van der Waals surface area contributed by atoms with Crippen molar-refractivity contribution in [3.05, 3.63) is 36.5 Å². The Kier molecular flexibility index (Phi) is 4.27. The van der Waals surface area contributed by atoms with Crippen LogP contribution in [0.4, 0.5) is 11.8 Å². The van der Waals surface area contributed by atoms with Gasteiger partial charge in [-0.2, -0.15) is 15.1 Å². The zero-order valence-electron chi connectivity index (χ0n) is 13.3. The van der Waals surface area contributed by atoms with Gasteiger partial charge in [0.05, 0.1) is 18.2 Å². The number of para-hydroxylation sites is 1. The maximum Gasteiger partial charge on any atom is 0.229 e. The van der Waals surface area contributed by atoms with Crippen molar-refractivity contribution < 1.29 is 4.74 Å². The second kappa shape index (κ2) is 6.51. The van der Waals surface area contributed by atoms with Crippen molar-refractivity contribution >= 4 is 22.8 Å². The van der Waals surface area contributed by atoms with Gasteiger partial charge in [-0.1, -0.05) is 18.2 Å². The van der Waals surface area contributed by atoms with Gasteiger partial charge in [0.25, 0.3) is 0 Å². The quantitative estimate of drug-likeness (QED) is 0.700. The van der Waals surface area contributed by atoms with Crippen LogP contribution in [-0.2, 0) is 7.05 Å². The topological polar surface area (TPSA) is 82.1 Å². The zero-order valence-corrected chi connectivity index (χ0v) is 13.3. The first-order valence-corrected chi connectivity index (χ1v) is 7.49. The van der Waals surface area contributed by atoms with E-state index < -0.39 is 0 Å². The molecule has 120 valence electrons. The smallest absolute Gasteiger partial charge is 0.229 e. The molecule has 0 aliphatic rings. The van der Waals surface area contributed by atoms with Gasteiger partial charge in [-0.3, -0.25) is 4.68 Å². The van der Waals surface area contributed by atoms with Crippen molar-refractivity contribution in [2.75, 3.05) is 30.8 Å². The number of rotatable bonds is 6. The van der Waals surface area contributed by atoms with Crippen LogP contribution in [0.15, 0.2) is 36.5 Å². The van der Waals surface area contributed by atoms with Crippen molar-refractivity contribution in [2.45, 2.75) is 6.42 Å². The van der Waals surface area contributed by atoms with Gasteiger partial charge in [-0.05, 0) is 18.6 Å². The number of ether oxygens (including phenoxy) is 1. The molecule has 0 aliphatic carbocycles. The highest BCUT2D eigenvalue weighted by Crippen LogP contribution is 2.20. The van der Waals surface area contributed by atoms with Gasteiger partial charge in [0.1, 0.15) is 11.6 Å². The lowest BCUT2D eigenvalue weighted by molar-refractivity contribution is 0.312. The van der Waals surface area contributed by atoms with Crippen molar-refractivity contribution in [3.63, 3.8) is 0 Å². The van der Waals surface area contributed by atoms with E-state index in [9.17, 15) is 0 Å². The Morgan fingerprint density at radius 1 is 1.22 bits per heavy atom. The Morgan fingerprint density at radius 3 is 2.78 bits per heavy atom. The normalized spacial score (nSPS) is 10.9. The monoisotopic (exact) mass is 312 g/mol. The highest BCUT2D eigenvalue weighted by Gasteiger charge is 2.12. The molecular formula is C16H20N6O. The van der Waals surface area contributed by atoms with E-state index in [0.29, 0.717) is 18.4 Å². The number of anilines is 2. The first-order chi connectivity index (χ1) is 11.1. The Labute approximate surface area is 134 Å². The predicted octanol–water partition coefficient (Wildman–Crippen LogP) is 1.85. The molecule has 0 atom stereocenters. The van der Waals surface area contributed by atoms with E-state index in [1.165, 1.54) is 0 Å². The SMILES string of the molecule is CN(CCCOc1ccccc1)c1nc(N)c2cnn(C)c2n1. The molecule has 7 heteroatoms. The Morgan fingerprint density at radius 2 is 2.00 bits per heavy atom. The summed E-state index contributed by atoms with van der Waals surface area (Å²) in [6.07, 6.45) is 2.54. The maximum absolute atomic E-state index is 5.98. The van der Waals surface area contributed by atoms with E-state index in [1.807, 2.05) is 49.3 Å². The summed E-state index contributed by atoms with van der Waals surface area (Å²) in [5.41, 5.74) is 6.72. The van der Waals surface area contributed by atoms with Crippen LogP contribution in [-0.4, -0.2) is 39.9 Å². The molecule has 0 fully saturated rings. The molecule has 7 nitrogen and oxygen atoms in total. The lowest BCUT2D eigenvalue weighted by Crippen LogP contribution is -2.23. The van der Waals surface area contributed by atoms with Crippen LogP contribution in [0, 0.1) is 0 Å². The van der Waals surface area contributed by atoms with E-state index in [1.54, 1.807) is 10.9 Å². The van der Waals surface area contributed by atoms with E-state index >= 15 is 0 Å². The fourth-order valence-corrected chi connectivity index (χ4v) is 2.31. The van der Waals surface area contributed by atoms with Crippen molar-refractivity contribution in [2.24, 2.45) is 7.05 Å². The first kappa shape index (κ1) is 15.1. The molecule has 0 saturated heterocycles. The Balaban J connectivity index is 1.60.